The van der Waals surface area contributed by atoms with Crippen molar-refractivity contribution in [2.45, 2.75) is 19.3 Å². The van der Waals surface area contributed by atoms with E-state index in [1.807, 2.05) is 0 Å². The van der Waals surface area contributed by atoms with Gasteiger partial charge in [-0.2, -0.15) is 0 Å². The molecule has 0 fully saturated rings. The van der Waals surface area contributed by atoms with Gasteiger partial charge in [-0.25, -0.2) is 0 Å². The summed E-state index contributed by atoms with van der Waals surface area (Å²) in [4.78, 5) is 3.64. The quantitative estimate of drug-likeness (QED) is 0.382. The standard InChI is InChI=1S/C27H20BrN/c1-27(2)24-20-14-17(16-8-4-3-5-9-16)12-13-18(20)26(28)21(24)15-23-25(27)19-10-6-7-11-22(19)29-23/h3-15,29H,1-2H3. The van der Waals surface area contributed by atoms with Crippen molar-refractivity contribution >= 4 is 43.0 Å². The van der Waals surface area contributed by atoms with Crippen LogP contribution in [0.4, 0.5) is 0 Å². The Balaban J connectivity index is 1.71. The van der Waals surface area contributed by atoms with Gasteiger partial charge in [0.2, 0.25) is 0 Å². The molecule has 0 radical (unpaired) electrons. The maximum atomic E-state index is 3.92. The Morgan fingerprint density at radius 2 is 1.55 bits per heavy atom. The number of nitrogens with one attached hydrogen (secondary N) is 1. The van der Waals surface area contributed by atoms with Gasteiger partial charge in [0, 0.05) is 26.5 Å². The van der Waals surface area contributed by atoms with Crippen LogP contribution in [0.1, 0.15) is 25.1 Å². The molecule has 1 N–H and O–H groups in total. The Bertz CT molecular complexity index is 1470. The summed E-state index contributed by atoms with van der Waals surface area (Å²) in [6.07, 6.45) is 2.32. The Labute approximate surface area is 178 Å². The second-order valence-corrected chi connectivity index (χ2v) is 9.25. The third kappa shape index (κ3) is 2.27. The van der Waals surface area contributed by atoms with Crippen LogP contribution in [-0.4, -0.2) is 4.98 Å². The lowest BCUT2D eigenvalue weighted by molar-refractivity contribution is 0.691. The molecule has 0 amide bonds. The molecule has 2 aliphatic rings. The number of fused-ring (bicyclic) bond motifs is 5. The van der Waals surface area contributed by atoms with Crippen molar-refractivity contribution in [3.05, 3.63) is 100 Å². The topological polar surface area (TPSA) is 15.8 Å². The molecule has 0 aliphatic heterocycles. The molecule has 2 heteroatoms. The first-order valence-corrected chi connectivity index (χ1v) is 10.8. The van der Waals surface area contributed by atoms with E-state index < -0.39 is 0 Å². The van der Waals surface area contributed by atoms with Gasteiger partial charge >= 0.3 is 0 Å². The molecular weight excluding hydrogens is 418 g/mol. The first-order chi connectivity index (χ1) is 14.1. The summed E-state index contributed by atoms with van der Waals surface area (Å²) in [5.41, 5.74) is 8.96. The molecule has 0 saturated carbocycles. The van der Waals surface area contributed by atoms with E-state index in [0.717, 1.165) is 0 Å². The summed E-state index contributed by atoms with van der Waals surface area (Å²) in [6.45, 7) is 4.72. The monoisotopic (exact) mass is 437 g/mol. The van der Waals surface area contributed by atoms with Crippen molar-refractivity contribution in [1.82, 2.24) is 4.98 Å². The molecule has 4 aromatic rings. The van der Waals surface area contributed by atoms with Crippen LogP contribution in [0.2, 0.25) is 0 Å². The van der Waals surface area contributed by atoms with E-state index in [-0.39, 0.29) is 5.41 Å². The molecule has 1 aromatic heterocycles. The fourth-order valence-electron chi connectivity index (χ4n) is 5.18. The Morgan fingerprint density at radius 1 is 0.793 bits per heavy atom. The van der Waals surface area contributed by atoms with Gasteiger partial charge in [-0.15, -0.1) is 0 Å². The second kappa shape index (κ2) is 5.84. The summed E-state index contributed by atoms with van der Waals surface area (Å²) < 4.78 is 1.19. The number of benzene rings is 3. The predicted molar refractivity (Wildman–Crippen MR) is 126 cm³/mol. The van der Waals surface area contributed by atoms with Gasteiger partial charge in [0.1, 0.15) is 0 Å². The second-order valence-electron chi connectivity index (χ2n) is 8.46. The lowest BCUT2D eigenvalue weighted by atomic mass is 9.70. The van der Waals surface area contributed by atoms with Crippen LogP contribution >= 0.6 is 15.9 Å². The summed E-state index contributed by atoms with van der Waals surface area (Å²) in [7, 11) is 0. The average Bonchev–Trinajstić information content (AvgIpc) is 3.25. The van der Waals surface area contributed by atoms with E-state index in [1.54, 1.807) is 0 Å². The number of aromatic nitrogens is 1. The van der Waals surface area contributed by atoms with E-state index >= 15 is 0 Å². The first kappa shape index (κ1) is 17.1. The van der Waals surface area contributed by atoms with Crippen LogP contribution in [0.25, 0.3) is 38.2 Å². The molecule has 0 unspecified atom stereocenters. The van der Waals surface area contributed by atoms with Gasteiger partial charge in [0.05, 0.1) is 0 Å². The molecule has 29 heavy (non-hydrogen) atoms. The summed E-state index contributed by atoms with van der Waals surface area (Å²) in [6, 6.07) is 26.1. The summed E-state index contributed by atoms with van der Waals surface area (Å²) in [5.74, 6) is 0. The number of hydrogen-bond acceptors (Lipinski definition) is 0. The highest BCUT2D eigenvalue weighted by Gasteiger charge is 2.39. The fourth-order valence-corrected chi connectivity index (χ4v) is 5.83. The van der Waals surface area contributed by atoms with Crippen LogP contribution in [-0.2, 0) is 5.41 Å². The number of halogens is 1. The maximum Gasteiger partial charge on any atom is 0.0461 e. The minimum Gasteiger partial charge on any atom is -0.355 e. The Morgan fingerprint density at radius 3 is 2.38 bits per heavy atom. The van der Waals surface area contributed by atoms with Gasteiger partial charge in [-0.3, -0.25) is 0 Å². The third-order valence-electron chi connectivity index (χ3n) is 6.41. The summed E-state index contributed by atoms with van der Waals surface area (Å²) in [5, 5.41) is 3.94. The van der Waals surface area contributed by atoms with Crippen molar-refractivity contribution in [1.29, 1.82) is 0 Å². The molecule has 1 heterocycles. The molecular formula is C27H20BrN. The lowest BCUT2D eigenvalue weighted by Gasteiger charge is -2.33. The van der Waals surface area contributed by atoms with Gasteiger partial charge < -0.3 is 4.98 Å². The summed E-state index contributed by atoms with van der Waals surface area (Å²) >= 11 is 3.92. The van der Waals surface area contributed by atoms with Crippen LogP contribution in [0.3, 0.4) is 0 Å². The molecule has 140 valence electrons. The number of hydrogen-bond donors (Lipinski definition) is 1. The number of H-pyrrole nitrogens is 1. The van der Waals surface area contributed by atoms with Gasteiger partial charge in [-0.1, -0.05) is 74.5 Å². The highest BCUT2D eigenvalue weighted by atomic mass is 79.9. The average molecular weight is 438 g/mol. The maximum absolute atomic E-state index is 3.92. The molecule has 0 saturated heterocycles. The first-order valence-electron chi connectivity index (χ1n) is 9.99. The van der Waals surface area contributed by atoms with Gasteiger partial charge in [-0.05, 0) is 72.4 Å². The van der Waals surface area contributed by atoms with Crippen molar-refractivity contribution in [3.63, 3.8) is 0 Å². The van der Waals surface area contributed by atoms with Crippen LogP contribution in [0.15, 0.2) is 78.4 Å². The van der Waals surface area contributed by atoms with E-state index in [4.69, 9.17) is 0 Å². The Kier molecular flexibility index (Phi) is 3.43. The zero-order valence-electron chi connectivity index (χ0n) is 16.4. The van der Waals surface area contributed by atoms with E-state index in [1.165, 1.54) is 59.4 Å². The van der Waals surface area contributed by atoms with Crippen molar-refractivity contribution < 1.29 is 0 Å². The Hall–Kier alpha value is -2.84. The molecule has 6 rings (SSSR count). The molecule has 0 bridgehead atoms. The molecule has 3 aromatic carbocycles. The van der Waals surface area contributed by atoms with Crippen molar-refractivity contribution in [2.24, 2.45) is 0 Å². The largest absolute Gasteiger partial charge is 0.355 e. The minimum atomic E-state index is -0.0986. The number of allylic oxidation sites excluding steroid dienone is 1. The molecule has 2 aliphatic carbocycles. The van der Waals surface area contributed by atoms with Crippen LogP contribution in [0, 0.1) is 0 Å². The van der Waals surface area contributed by atoms with Crippen molar-refractivity contribution in [3.8, 4) is 11.1 Å². The third-order valence-corrected chi connectivity index (χ3v) is 7.27. The van der Waals surface area contributed by atoms with E-state index in [2.05, 4.69) is 114 Å². The van der Waals surface area contributed by atoms with Crippen molar-refractivity contribution in [2.75, 3.05) is 0 Å². The highest BCUT2D eigenvalue weighted by Crippen LogP contribution is 2.50. The number of aromatic amines is 1. The normalized spacial score (nSPS) is 16.4. The van der Waals surface area contributed by atoms with Crippen LogP contribution in [0.5, 0.6) is 0 Å². The van der Waals surface area contributed by atoms with Gasteiger partial charge in [0.15, 0.2) is 0 Å². The zero-order chi connectivity index (χ0) is 19.8. The number of para-hydroxylation sites is 1. The highest BCUT2D eigenvalue weighted by molar-refractivity contribution is 9.15. The lowest BCUT2D eigenvalue weighted by Crippen LogP contribution is -2.31. The van der Waals surface area contributed by atoms with Gasteiger partial charge in [0.25, 0.3) is 0 Å². The molecule has 0 spiro atoms. The molecule has 1 nitrogen and oxygen atoms in total. The van der Waals surface area contributed by atoms with Crippen LogP contribution < -0.4 is 10.4 Å². The molecule has 0 atom stereocenters. The van der Waals surface area contributed by atoms with E-state index in [0.29, 0.717) is 0 Å². The zero-order valence-corrected chi connectivity index (χ0v) is 18.0. The van der Waals surface area contributed by atoms with E-state index in [9.17, 15) is 0 Å². The fraction of sp³-hybridized carbons (Fsp3) is 0.111. The predicted octanol–water partition coefficient (Wildman–Crippen LogP) is 5.88. The smallest absolute Gasteiger partial charge is 0.0461 e. The minimum absolute atomic E-state index is 0.0986. The SMILES string of the molecule is CC1(C)C2=c3cc(-c4ccccc4)ccc3=C(Br)C2=Cc2[nH]c3ccccc3c21. The number of rotatable bonds is 1.